The second-order valence-corrected chi connectivity index (χ2v) is 6.84. The number of methoxy groups -OCH3 is 1. The minimum Gasteiger partial charge on any atom is -0.469 e. The molecule has 1 heterocycles. The average Bonchev–Trinajstić information content (AvgIpc) is 2.36. The Morgan fingerprint density at radius 1 is 1.40 bits per heavy atom. The Labute approximate surface area is 116 Å². The molecule has 1 unspecified atom stereocenters. The molecule has 1 aliphatic rings. The lowest BCUT2D eigenvalue weighted by molar-refractivity contribution is -0.146. The van der Waals surface area contributed by atoms with Crippen LogP contribution in [0.2, 0.25) is 0 Å². The summed E-state index contributed by atoms with van der Waals surface area (Å²) in [7, 11) is -2.53. The number of ether oxygens (including phenoxy) is 1. The number of alkyl halides is 3. The Bertz CT molecular complexity index is 435. The molecule has 5 nitrogen and oxygen atoms in total. The number of carbonyl (C=O) groups excluding carboxylic acids is 1. The first-order valence-corrected chi connectivity index (χ1v) is 7.89. The summed E-state index contributed by atoms with van der Waals surface area (Å²) in [5, 5.41) is 0. The number of nitrogens with zero attached hydrogens (tertiary/aromatic N) is 1. The van der Waals surface area contributed by atoms with Crippen LogP contribution in [0.15, 0.2) is 0 Å². The van der Waals surface area contributed by atoms with Gasteiger partial charge >= 0.3 is 12.1 Å². The van der Waals surface area contributed by atoms with E-state index in [1.807, 2.05) is 0 Å². The number of rotatable bonds is 5. The lowest BCUT2D eigenvalue weighted by atomic mass is 10.0. The van der Waals surface area contributed by atoms with E-state index in [2.05, 4.69) is 4.74 Å². The third-order valence-electron chi connectivity index (χ3n) is 3.17. The minimum atomic E-state index is -4.36. The normalized spacial score (nSPS) is 21.7. The molecule has 1 saturated heterocycles. The van der Waals surface area contributed by atoms with E-state index in [9.17, 15) is 26.4 Å². The smallest absolute Gasteiger partial charge is 0.389 e. The van der Waals surface area contributed by atoms with Gasteiger partial charge in [-0.15, -0.1) is 0 Å². The van der Waals surface area contributed by atoms with E-state index in [-0.39, 0.29) is 13.1 Å². The van der Waals surface area contributed by atoms with Crippen molar-refractivity contribution in [2.45, 2.75) is 31.9 Å². The van der Waals surface area contributed by atoms with Crippen LogP contribution in [-0.4, -0.2) is 50.8 Å². The highest BCUT2D eigenvalue weighted by molar-refractivity contribution is 7.89. The zero-order chi connectivity index (χ0) is 15.4. The summed E-state index contributed by atoms with van der Waals surface area (Å²) in [5.41, 5.74) is 0. The first kappa shape index (κ1) is 17.2. The molecule has 0 N–H and O–H groups in total. The summed E-state index contributed by atoms with van der Waals surface area (Å²) in [6.07, 6.45) is -4.92. The molecule has 0 amide bonds. The van der Waals surface area contributed by atoms with Crippen molar-refractivity contribution in [1.29, 1.82) is 0 Å². The maximum atomic E-state index is 12.0. The van der Waals surface area contributed by atoms with Crippen molar-refractivity contribution < 1.29 is 31.1 Å². The first-order valence-electron chi connectivity index (χ1n) is 6.28. The molecule has 0 aliphatic carbocycles. The molecule has 0 saturated carbocycles. The van der Waals surface area contributed by atoms with Gasteiger partial charge in [0.2, 0.25) is 10.0 Å². The van der Waals surface area contributed by atoms with Crippen molar-refractivity contribution in [2.75, 3.05) is 26.0 Å². The lowest BCUT2D eigenvalue weighted by Gasteiger charge is -2.30. The molecule has 0 radical (unpaired) electrons. The van der Waals surface area contributed by atoms with E-state index < -0.39 is 46.7 Å². The summed E-state index contributed by atoms with van der Waals surface area (Å²) in [6.45, 7) is 0.225. The monoisotopic (exact) mass is 317 g/mol. The summed E-state index contributed by atoms with van der Waals surface area (Å²) < 4.78 is 65.6. The molecule has 0 aromatic carbocycles. The Hall–Kier alpha value is -0.830. The first-order chi connectivity index (χ1) is 9.15. The predicted molar refractivity (Wildman–Crippen MR) is 65.4 cm³/mol. The van der Waals surface area contributed by atoms with Gasteiger partial charge in [-0.1, -0.05) is 0 Å². The van der Waals surface area contributed by atoms with Gasteiger partial charge in [-0.25, -0.2) is 12.7 Å². The van der Waals surface area contributed by atoms with Crippen LogP contribution in [-0.2, 0) is 19.6 Å². The largest absolute Gasteiger partial charge is 0.469 e. The van der Waals surface area contributed by atoms with Crippen LogP contribution in [0.4, 0.5) is 13.2 Å². The quantitative estimate of drug-likeness (QED) is 0.722. The van der Waals surface area contributed by atoms with Gasteiger partial charge in [-0.2, -0.15) is 13.2 Å². The van der Waals surface area contributed by atoms with E-state index in [1.54, 1.807) is 0 Å². The van der Waals surface area contributed by atoms with Gasteiger partial charge in [0.1, 0.15) is 0 Å². The summed E-state index contributed by atoms with van der Waals surface area (Å²) in [5.74, 6) is -1.58. The Morgan fingerprint density at radius 3 is 2.60 bits per heavy atom. The van der Waals surface area contributed by atoms with Crippen LogP contribution in [0.3, 0.4) is 0 Å². The van der Waals surface area contributed by atoms with Gasteiger partial charge in [0.05, 0.1) is 18.8 Å². The summed E-state index contributed by atoms with van der Waals surface area (Å²) in [4.78, 5) is 11.4. The van der Waals surface area contributed by atoms with E-state index in [1.165, 1.54) is 7.11 Å². The molecule has 9 heteroatoms. The fourth-order valence-corrected chi connectivity index (χ4v) is 3.72. The highest BCUT2D eigenvalue weighted by Crippen LogP contribution is 2.24. The predicted octanol–water partition coefficient (Wildman–Crippen LogP) is 1.54. The van der Waals surface area contributed by atoms with Crippen molar-refractivity contribution in [2.24, 2.45) is 5.92 Å². The SMILES string of the molecule is COC(=O)C1CCCN(S(=O)(=O)CCCC(F)(F)F)C1. The van der Waals surface area contributed by atoms with Crippen LogP contribution < -0.4 is 0 Å². The van der Waals surface area contributed by atoms with E-state index in [4.69, 9.17) is 0 Å². The van der Waals surface area contributed by atoms with Crippen LogP contribution in [0, 0.1) is 5.92 Å². The third kappa shape index (κ3) is 5.28. The van der Waals surface area contributed by atoms with E-state index in [0.29, 0.717) is 12.8 Å². The second-order valence-electron chi connectivity index (χ2n) is 4.76. The molecule has 1 aliphatic heterocycles. The molecular weight excluding hydrogens is 299 g/mol. The highest BCUT2D eigenvalue weighted by Gasteiger charge is 2.34. The summed E-state index contributed by atoms with van der Waals surface area (Å²) >= 11 is 0. The molecule has 1 rings (SSSR count). The molecule has 0 spiro atoms. The Balaban J connectivity index is 2.56. The zero-order valence-electron chi connectivity index (χ0n) is 11.1. The number of sulfonamides is 1. The zero-order valence-corrected chi connectivity index (χ0v) is 12.0. The number of hydrogen-bond donors (Lipinski definition) is 0. The molecule has 0 aromatic heterocycles. The van der Waals surface area contributed by atoms with Gasteiger partial charge in [-0.3, -0.25) is 4.79 Å². The molecule has 1 fully saturated rings. The van der Waals surface area contributed by atoms with E-state index in [0.717, 1.165) is 4.31 Å². The molecule has 0 aromatic rings. The van der Waals surface area contributed by atoms with Crippen LogP contribution in [0.5, 0.6) is 0 Å². The maximum Gasteiger partial charge on any atom is 0.389 e. The number of hydrogen-bond acceptors (Lipinski definition) is 4. The minimum absolute atomic E-state index is 0.0129. The van der Waals surface area contributed by atoms with Crippen LogP contribution in [0.1, 0.15) is 25.7 Å². The number of carbonyl (C=O) groups is 1. The molecule has 20 heavy (non-hydrogen) atoms. The Kier molecular flexibility index (Phi) is 5.81. The van der Waals surface area contributed by atoms with Gasteiger partial charge < -0.3 is 4.74 Å². The van der Waals surface area contributed by atoms with Crippen molar-refractivity contribution in [3.05, 3.63) is 0 Å². The summed E-state index contributed by atoms with van der Waals surface area (Å²) in [6, 6.07) is 0. The van der Waals surface area contributed by atoms with Crippen molar-refractivity contribution in [1.82, 2.24) is 4.31 Å². The molecule has 1 atom stereocenters. The number of halogens is 3. The molecule has 0 bridgehead atoms. The Morgan fingerprint density at radius 2 is 2.05 bits per heavy atom. The lowest BCUT2D eigenvalue weighted by Crippen LogP contribution is -2.43. The fraction of sp³-hybridized carbons (Fsp3) is 0.909. The average molecular weight is 317 g/mol. The van der Waals surface area contributed by atoms with E-state index >= 15 is 0 Å². The second kappa shape index (κ2) is 6.75. The number of piperidine rings is 1. The fourth-order valence-electron chi connectivity index (χ4n) is 2.14. The highest BCUT2D eigenvalue weighted by atomic mass is 32.2. The topological polar surface area (TPSA) is 63.7 Å². The van der Waals surface area contributed by atoms with Crippen molar-refractivity contribution in [3.8, 4) is 0 Å². The molecule has 118 valence electrons. The number of esters is 1. The van der Waals surface area contributed by atoms with Gasteiger partial charge in [0.15, 0.2) is 0 Å². The van der Waals surface area contributed by atoms with Gasteiger partial charge in [-0.05, 0) is 19.3 Å². The maximum absolute atomic E-state index is 12.0. The third-order valence-corrected chi connectivity index (χ3v) is 5.10. The van der Waals surface area contributed by atoms with Crippen LogP contribution in [0.25, 0.3) is 0 Å². The van der Waals surface area contributed by atoms with Crippen molar-refractivity contribution in [3.63, 3.8) is 0 Å². The standard InChI is InChI=1S/C11H18F3NO4S/c1-19-10(16)9-4-2-6-15(8-9)20(17,18)7-3-5-11(12,13)14/h9H,2-8H2,1H3. The van der Waals surface area contributed by atoms with Crippen molar-refractivity contribution >= 4 is 16.0 Å². The molecular formula is C11H18F3NO4S. The van der Waals surface area contributed by atoms with Crippen LogP contribution >= 0.6 is 0 Å². The van der Waals surface area contributed by atoms with Gasteiger partial charge in [0, 0.05) is 19.5 Å². The van der Waals surface area contributed by atoms with Gasteiger partial charge in [0.25, 0.3) is 0 Å².